The lowest BCUT2D eigenvalue weighted by Gasteiger charge is -2.03. The lowest BCUT2D eigenvalue weighted by molar-refractivity contribution is -0.143. The number of benzene rings is 1. The van der Waals surface area contributed by atoms with Crippen molar-refractivity contribution in [2.45, 2.75) is 19.9 Å². The molecule has 0 amide bonds. The van der Waals surface area contributed by atoms with E-state index in [0.717, 1.165) is 10.9 Å². The smallest absolute Gasteiger partial charge is 0.307 e. The monoisotopic (exact) mass is 243 g/mol. The van der Waals surface area contributed by atoms with Crippen molar-refractivity contribution >= 4 is 16.9 Å². The van der Waals surface area contributed by atoms with Crippen molar-refractivity contribution in [1.82, 2.24) is 9.78 Å². The van der Waals surface area contributed by atoms with E-state index in [2.05, 4.69) is 11.2 Å². The molecule has 0 spiro atoms. The second-order valence-corrected chi connectivity index (χ2v) is 3.77. The first kappa shape index (κ1) is 12.1. The van der Waals surface area contributed by atoms with E-state index in [-0.39, 0.29) is 12.4 Å². The van der Waals surface area contributed by atoms with Gasteiger partial charge in [-0.2, -0.15) is 10.4 Å². The first-order chi connectivity index (χ1) is 8.76. The van der Waals surface area contributed by atoms with Crippen molar-refractivity contribution < 1.29 is 9.53 Å². The van der Waals surface area contributed by atoms with Crippen LogP contribution >= 0.6 is 0 Å². The van der Waals surface area contributed by atoms with Gasteiger partial charge >= 0.3 is 5.97 Å². The summed E-state index contributed by atoms with van der Waals surface area (Å²) in [6.07, 6.45) is 1.93. The molecule has 0 aliphatic heterocycles. The number of hydrogen-bond donors (Lipinski definition) is 0. The first-order valence-electron chi connectivity index (χ1n) is 5.76. The Morgan fingerprint density at radius 3 is 3.11 bits per heavy atom. The molecule has 5 heteroatoms. The van der Waals surface area contributed by atoms with Gasteiger partial charge in [0.2, 0.25) is 0 Å². The zero-order valence-corrected chi connectivity index (χ0v) is 10.1. The lowest BCUT2D eigenvalue weighted by atomic mass is 10.1. The maximum absolute atomic E-state index is 11.3. The Bertz CT molecular complexity index is 610. The summed E-state index contributed by atoms with van der Waals surface area (Å²) < 4.78 is 6.58. The third-order valence-electron chi connectivity index (χ3n) is 2.64. The summed E-state index contributed by atoms with van der Waals surface area (Å²) in [6.45, 7) is 2.62. The standard InChI is InChI=1S/C13H13N3O2/c1-2-18-13(17)6-7-16-12-5-3-4-10(8-14)11(12)9-15-16/h3-5,9H,2,6-7H2,1H3. The third kappa shape index (κ3) is 2.33. The lowest BCUT2D eigenvalue weighted by Crippen LogP contribution is -2.09. The molecule has 0 N–H and O–H groups in total. The Morgan fingerprint density at radius 1 is 1.56 bits per heavy atom. The highest BCUT2D eigenvalue weighted by molar-refractivity contribution is 5.84. The summed E-state index contributed by atoms with van der Waals surface area (Å²) in [5, 5.41) is 14.0. The molecule has 0 saturated heterocycles. The van der Waals surface area contributed by atoms with Crippen LogP contribution in [0.25, 0.3) is 10.9 Å². The van der Waals surface area contributed by atoms with Gasteiger partial charge in [0.25, 0.3) is 0 Å². The van der Waals surface area contributed by atoms with Crippen molar-refractivity contribution in [3.8, 4) is 6.07 Å². The van der Waals surface area contributed by atoms with Crippen molar-refractivity contribution in [2.24, 2.45) is 0 Å². The molecule has 0 atom stereocenters. The van der Waals surface area contributed by atoms with Crippen LogP contribution in [-0.4, -0.2) is 22.4 Å². The van der Waals surface area contributed by atoms with E-state index < -0.39 is 0 Å². The van der Waals surface area contributed by atoms with Gasteiger partial charge in [-0.1, -0.05) is 6.07 Å². The maximum Gasteiger partial charge on any atom is 0.307 e. The molecule has 0 radical (unpaired) electrons. The summed E-state index contributed by atoms with van der Waals surface area (Å²) in [6, 6.07) is 7.57. The van der Waals surface area contributed by atoms with Gasteiger partial charge in [-0.05, 0) is 19.1 Å². The second-order valence-electron chi connectivity index (χ2n) is 3.77. The van der Waals surface area contributed by atoms with Gasteiger partial charge in [-0.3, -0.25) is 9.48 Å². The minimum atomic E-state index is -0.238. The number of carbonyl (C=O) groups is 1. The topological polar surface area (TPSA) is 67.9 Å². The average Bonchev–Trinajstić information content (AvgIpc) is 2.79. The van der Waals surface area contributed by atoms with Crippen LogP contribution in [0.15, 0.2) is 24.4 Å². The summed E-state index contributed by atoms with van der Waals surface area (Å²) in [7, 11) is 0. The van der Waals surface area contributed by atoms with Crippen molar-refractivity contribution in [3.63, 3.8) is 0 Å². The highest BCUT2D eigenvalue weighted by Gasteiger charge is 2.08. The molecule has 1 heterocycles. The fraction of sp³-hybridized carbons (Fsp3) is 0.308. The molecule has 2 aromatic rings. The summed E-state index contributed by atoms with van der Waals surface area (Å²) in [5.74, 6) is -0.238. The molecule has 18 heavy (non-hydrogen) atoms. The minimum absolute atomic E-state index is 0.238. The van der Waals surface area contributed by atoms with Gasteiger partial charge < -0.3 is 4.74 Å². The van der Waals surface area contributed by atoms with Crippen molar-refractivity contribution in [3.05, 3.63) is 30.0 Å². The molecule has 0 bridgehead atoms. The number of carbonyl (C=O) groups excluding carboxylic acids is 1. The molecule has 5 nitrogen and oxygen atoms in total. The number of esters is 1. The van der Waals surface area contributed by atoms with Crippen LogP contribution in [0.4, 0.5) is 0 Å². The predicted molar refractivity (Wildman–Crippen MR) is 65.7 cm³/mol. The number of aromatic nitrogens is 2. The van der Waals surface area contributed by atoms with Crippen molar-refractivity contribution in [1.29, 1.82) is 5.26 Å². The van der Waals surface area contributed by atoms with E-state index in [1.807, 2.05) is 12.1 Å². The van der Waals surface area contributed by atoms with Gasteiger partial charge in [0.05, 0.1) is 42.9 Å². The van der Waals surface area contributed by atoms with E-state index in [4.69, 9.17) is 10.00 Å². The average molecular weight is 243 g/mol. The van der Waals surface area contributed by atoms with E-state index in [1.165, 1.54) is 0 Å². The Hall–Kier alpha value is -2.35. The van der Waals surface area contributed by atoms with E-state index in [1.54, 1.807) is 23.9 Å². The molecule has 0 aliphatic rings. The fourth-order valence-corrected chi connectivity index (χ4v) is 1.81. The van der Waals surface area contributed by atoms with E-state index >= 15 is 0 Å². The predicted octanol–water partition coefficient (Wildman–Crippen LogP) is 1.86. The molecular weight excluding hydrogens is 230 g/mol. The maximum atomic E-state index is 11.3. The second kappa shape index (κ2) is 5.32. The van der Waals surface area contributed by atoms with Gasteiger partial charge in [0, 0.05) is 5.39 Å². The quantitative estimate of drug-likeness (QED) is 0.768. The fourth-order valence-electron chi connectivity index (χ4n) is 1.81. The molecule has 2 rings (SSSR count). The summed E-state index contributed by atoms with van der Waals surface area (Å²) >= 11 is 0. The van der Waals surface area contributed by atoms with Crippen LogP contribution < -0.4 is 0 Å². The Kier molecular flexibility index (Phi) is 3.58. The molecule has 1 aromatic carbocycles. The van der Waals surface area contributed by atoms with Crippen molar-refractivity contribution in [2.75, 3.05) is 6.61 Å². The summed E-state index contributed by atoms with van der Waals surface area (Å²) in [4.78, 5) is 11.3. The number of hydrogen-bond acceptors (Lipinski definition) is 4. The van der Waals surface area contributed by atoms with E-state index in [9.17, 15) is 4.79 Å². The zero-order valence-electron chi connectivity index (χ0n) is 10.1. The molecule has 92 valence electrons. The minimum Gasteiger partial charge on any atom is -0.466 e. The molecule has 0 unspecified atom stereocenters. The Morgan fingerprint density at radius 2 is 2.39 bits per heavy atom. The first-order valence-corrected chi connectivity index (χ1v) is 5.76. The van der Waals surface area contributed by atoms with Crippen LogP contribution in [0.2, 0.25) is 0 Å². The van der Waals surface area contributed by atoms with E-state index in [0.29, 0.717) is 18.7 Å². The SMILES string of the molecule is CCOC(=O)CCn1ncc2c(C#N)cccc21. The summed E-state index contributed by atoms with van der Waals surface area (Å²) in [5.41, 5.74) is 1.45. The van der Waals surface area contributed by atoms with Gasteiger partial charge in [-0.25, -0.2) is 0 Å². The molecular formula is C13H13N3O2. The van der Waals surface area contributed by atoms with Crippen LogP contribution in [-0.2, 0) is 16.1 Å². The van der Waals surface area contributed by atoms with Gasteiger partial charge in [-0.15, -0.1) is 0 Å². The van der Waals surface area contributed by atoms with Gasteiger partial charge in [0.15, 0.2) is 0 Å². The van der Waals surface area contributed by atoms with Crippen LogP contribution in [0.5, 0.6) is 0 Å². The normalized spacial score (nSPS) is 10.2. The molecule has 0 aliphatic carbocycles. The Balaban J connectivity index is 2.20. The van der Waals surface area contributed by atoms with Gasteiger partial charge in [0.1, 0.15) is 0 Å². The number of nitriles is 1. The Labute approximate surface area is 105 Å². The highest BCUT2D eigenvalue weighted by Crippen LogP contribution is 2.17. The number of ether oxygens (including phenoxy) is 1. The van der Waals surface area contributed by atoms with Crippen LogP contribution in [0, 0.1) is 11.3 Å². The largest absolute Gasteiger partial charge is 0.466 e. The zero-order chi connectivity index (χ0) is 13.0. The highest BCUT2D eigenvalue weighted by atomic mass is 16.5. The number of aryl methyl sites for hydroxylation is 1. The number of fused-ring (bicyclic) bond motifs is 1. The van der Waals surface area contributed by atoms with Crippen LogP contribution in [0.3, 0.4) is 0 Å². The van der Waals surface area contributed by atoms with Crippen LogP contribution in [0.1, 0.15) is 18.9 Å². The number of nitrogens with zero attached hydrogens (tertiary/aromatic N) is 3. The molecule has 0 fully saturated rings. The molecule has 1 aromatic heterocycles. The number of rotatable bonds is 4. The third-order valence-corrected chi connectivity index (χ3v) is 2.64. The molecule has 0 saturated carbocycles.